The van der Waals surface area contributed by atoms with Gasteiger partial charge in [-0.15, -0.1) is 6.58 Å². The van der Waals surface area contributed by atoms with E-state index < -0.39 is 12.0 Å². The highest BCUT2D eigenvalue weighted by molar-refractivity contribution is 9.10. The smallest absolute Gasteiger partial charge is 0.328 e. The molecule has 0 aromatic heterocycles. The second-order valence-electron chi connectivity index (χ2n) is 3.58. The minimum atomic E-state index is -0.709. The maximum atomic E-state index is 11.9. The van der Waals surface area contributed by atoms with Gasteiger partial charge in [0.15, 0.2) is 0 Å². The molecule has 96 valence electrons. The van der Waals surface area contributed by atoms with E-state index in [0.29, 0.717) is 12.0 Å². The van der Waals surface area contributed by atoms with E-state index in [1.165, 1.54) is 7.11 Å². The van der Waals surface area contributed by atoms with Crippen LogP contribution in [0.5, 0.6) is 0 Å². The highest BCUT2D eigenvalue weighted by Gasteiger charge is 2.20. The van der Waals surface area contributed by atoms with Crippen LogP contribution in [0.4, 0.5) is 0 Å². The minimum absolute atomic E-state index is 0.325. The third kappa shape index (κ3) is 4.00. The summed E-state index contributed by atoms with van der Waals surface area (Å²) in [6.45, 7) is 3.54. The Hall–Kier alpha value is -1.62. The summed E-state index contributed by atoms with van der Waals surface area (Å²) in [5.74, 6) is -0.813. The number of hydrogen-bond acceptors (Lipinski definition) is 3. The fourth-order valence-corrected chi connectivity index (χ4v) is 1.79. The van der Waals surface area contributed by atoms with Crippen molar-refractivity contribution in [3.8, 4) is 0 Å². The number of halogens is 1. The van der Waals surface area contributed by atoms with Gasteiger partial charge in [-0.25, -0.2) is 4.79 Å². The molecule has 0 spiro atoms. The maximum Gasteiger partial charge on any atom is 0.328 e. The van der Waals surface area contributed by atoms with Gasteiger partial charge in [-0.3, -0.25) is 4.79 Å². The van der Waals surface area contributed by atoms with E-state index >= 15 is 0 Å². The summed E-state index contributed by atoms with van der Waals surface area (Å²) in [5, 5.41) is 2.61. The first-order valence-corrected chi connectivity index (χ1v) is 6.13. The molecule has 1 rings (SSSR count). The molecule has 1 atom stereocenters. The van der Waals surface area contributed by atoms with E-state index in [9.17, 15) is 9.59 Å². The molecule has 0 saturated carbocycles. The molecule has 0 aliphatic rings. The van der Waals surface area contributed by atoms with Gasteiger partial charge in [0.1, 0.15) is 6.04 Å². The van der Waals surface area contributed by atoms with E-state index in [2.05, 4.69) is 32.6 Å². The number of amides is 1. The normalized spacial score (nSPS) is 11.4. The van der Waals surface area contributed by atoms with Crippen molar-refractivity contribution in [2.45, 2.75) is 12.5 Å². The Morgan fingerprint density at radius 3 is 2.83 bits per heavy atom. The molecule has 0 aliphatic heterocycles. The van der Waals surface area contributed by atoms with Gasteiger partial charge in [-0.2, -0.15) is 0 Å². The summed E-state index contributed by atoms with van der Waals surface area (Å²) in [7, 11) is 1.28. The number of rotatable bonds is 5. The Morgan fingerprint density at radius 2 is 2.28 bits per heavy atom. The summed E-state index contributed by atoms with van der Waals surface area (Å²) in [6.07, 6.45) is 1.88. The second-order valence-corrected chi connectivity index (χ2v) is 4.50. The van der Waals surface area contributed by atoms with Gasteiger partial charge >= 0.3 is 5.97 Å². The Kier molecular flexibility index (Phi) is 5.58. The zero-order chi connectivity index (χ0) is 13.5. The third-order valence-corrected chi connectivity index (χ3v) is 2.77. The molecule has 0 bridgehead atoms. The molecule has 0 heterocycles. The highest BCUT2D eigenvalue weighted by atomic mass is 79.9. The molecule has 1 aromatic rings. The minimum Gasteiger partial charge on any atom is -0.467 e. The Labute approximate surface area is 114 Å². The first kappa shape index (κ1) is 14.4. The van der Waals surface area contributed by atoms with E-state index in [1.807, 2.05) is 6.07 Å². The van der Waals surface area contributed by atoms with Crippen LogP contribution in [0.25, 0.3) is 0 Å². The average Bonchev–Trinajstić information content (AvgIpc) is 2.37. The van der Waals surface area contributed by atoms with Crippen molar-refractivity contribution in [2.24, 2.45) is 0 Å². The number of esters is 1. The summed E-state index contributed by atoms with van der Waals surface area (Å²) >= 11 is 3.28. The van der Waals surface area contributed by atoms with Gasteiger partial charge in [0, 0.05) is 10.0 Å². The standard InChI is InChI=1S/C13H14BrNO3/c1-3-5-11(13(17)18-2)15-12(16)9-6-4-7-10(14)8-9/h3-4,6-8,11H,1,5H2,2H3,(H,15,16)/t11-/m1/s1. The Morgan fingerprint density at radius 1 is 1.56 bits per heavy atom. The maximum absolute atomic E-state index is 11.9. The number of methoxy groups -OCH3 is 1. The van der Waals surface area contributed by atoms with Gasteiger partial charge in [0.25, 0.3) is 5.91 Å². The summed E-state index contributed by atoms with van der Waals surface area (Å²) in [5.41, 5.74) is 0.474. The van der Waals surface area contributed by atoms with E-state index in [1.54, 1.807) is 24.3 Å². The number of ether oxygens (including phenoxy) is 1. The molecule has 18 heavy (non-hydrogen) atoms. The molecule has 1 aromatic carbocycles. The number of benzene rings is 1. The second kappa shape index (κ2) is 6.96. The van der Waals surface area contributed by atoms with Crippen molar-refractivity contribution in [1.82, 2.24) is 5.32 Å². The molecule has 0 saturated heterocycles. The van der Waals surface area contributed by atoms with Crippen LogP contribution < -0.4 is 5.32 Å². The first-order chi connectivity index (χ1) is 8.58. The molecular formula is C13H14BrNO3. The summed E-state index contributed by atoms with van der Waals surface area (Å²) < 4.78 is 5.41. The Bertz CT molecular complexity index is 459. The molecule has 0 fully saturated rings. The van der Waals surface area contributed by atoms with Crippen LogP contribution in [-0.2, 0) is 9.53 Å². The van der Waals surface area contributed by atoms with Crippen LogP contribution in [0.3, 0.4) is 0 Å². The van der Waals surface area contributed by atoms with Gasteiger partial charge < -0.3 is 10.1 Å². The molecule has 0 aliphatic carbocycles. The molecule has 0 unspecified atom stereocenters. The van der Waals surface area contributed by atoms with Crippen molar-refractivity contribution in [3.63, 3.8) is 0 Å². The largest absolute Gasteiger partial charge is 0.467 e. The fourth-order valence-electron chi connectivity index (χ4n) is 1.39. The van der Waals surface area contributed by atoms with E-state index in [-0.39, 0.29) is 5.91 Å². The van der Waals surface area contributed by atoms with Crippen molar-refractivity contribution in [1.29, 1.82) is 0 Å². The monoisotopic (exact) mass is 311 g/mol. The SMILES string of the molecule is C=CC[C@@H](NC(=O)c1cccc(Br)c1)C(=O)OC. The van der Waals surface area contributed by atoms with Gasteiger partial charge in [-0.1, -0.05) is 28.1 Å². The average molecular weight is 312 g/mol. The fraction of sp³-hybridized carbons (Fsp3) is 0.231. The van der Waals surface area contributed by atoms with Crippen molar-refractivity contribution in [2.75, 3.05) is 7.11 Å². The summed E-state index contributed by atoms with van der Waals surface area (Å²) in [6, 6.07) is 6.21. The van der Waals surface area contributed by atoms with Crippen LogP contribution in [0.15, 0.2) is 41.4 Å². The number of nitrogens with one attached hydrogen (secondary N) is 1. The molecule has 1 amide bonds. The van der Waals surface area contributed by atoms with Gasteiger partial charge in [-0.05, 0) is 24.6 Å². The molecule has 5 heteroatoms. The zero-order valence-electron chi connectivity index (χ0n) is 9.98. The van der Waals surface area contributed by atoms with Crippen LogP contribution in [0.1, 0.15) is 16.8 Å². The van der Waals surface area contributed by atoms with Gasteiger partial charge in [0.2, 0.25) is 0 Å². The van der Waals surface area contributed by atoms with Gasteiger partial charge in [0.05, 0.1) is 7.11 Å². The molecule has 4 nitrogen and oxygen atoms in total. The number of hydrogen-bond donors (Lipinski definition) is 1. The molecule has 0 radical (unpaired) electrons. The predicted molar refractivity (Wildman–Crippen MR) is 72.2 cm³/mol. The van der Waals surface area contributed by atoms with Crippen molar-refractivity contribution >= 4 is 27.8 Å². The highest BCUT2D eigenvalue weighted by Crippen LogP contribution is 2.12. The molecule has 1 N–H and O–H groups in total. The predicted octanol–water partition coefficient (Wildman–Crippen LogP) is 2.30. The lowest BCUT2D eigenvalue weighted by atomic mass is 10.1. The van der Waals surface area contributed by atoms with Crippen LogP contribution in [0, 0.1) is 0 Å². The molecular weight excluding hydrogens is 298 g/mol. The van der Waals surface area contributed by atoms with E-state index in [0.717, 1.165) is 4.47 Å². The lowest BCUT2D eigenvalue weighted by molar-refractivity contribution is -0.142. The summed E-state index contributed by atoms with van der Waals surface area (Å²) in [4.78, 5) is 23.4. The number of carbonyl (C=O) groups excluding carboxylic acids is 2. The van der Waals surface area contributed by atoms with Crippen LogP contribution in [0.2, 0.25) is 0 Å². The lowest BCUT2D eigenvalue weighted by Crippen LogP contribution is -2.41. The van der Waals surface area contributed by atoms with Crippen LogP contribution in [-0.4, -0.2) is 25.0 Å². The number of carbonyl (C=O) groups is 2. The quantitative estimate of drug-likeness (QED) is 0.670. The van der Waals surface area contributed by atoms with Crippen LogP contribution >= 0.6 is 15.9 Å². The van der Waals surface area contributed by atoms with E-state index in [4.69, 9.17) is 0 Å². The third-order valence-electron chi connectivity index (χ3n) is 2.28. The van der Waals surface area contributed by atoms with Crippen molar-refractivity contribution < 1.29 is 14.3 Å². The van der Waals surface area contributed by atoms with Crippen molar-refractivity contribution in [3.05, 3.63) is 47.0 Å². The first-order valence-electron chi connectivity index (χ1n) is 5.33. The zero-order valence-corrected chi connectivity index (χ0v) is 11.6. The Balaban J connectivity index is 2.78. The topological polar surface area (TPSA) is 55.4 Å². The lowest BCUT2D eigenvalue weighted by Gasteiger charge is -2.14.